The molecule has 262 valence electrons. The monoisotopic (exact) mass is 683 g/mol. The number of piperazine rings is 1. The number of aromatic hydroxyl groups is 1. The molecule has 4 atom stereocenters. The van der Waals surface area contributed by atoms with Crippen molar-refractivity contribution < 1.29 is 28.2 Å². The molecule has 1 aromatic heterocycles. The summed E-state index contributed by atoms with van der Waals surface area (Å²) in [6.45, 7) is 12.0. The van der Waals surface area contributed by atoms with Crippen molar-refractivity contribution in [1.82, 2.24) is 19.8 Å². The van der Waals surface area contributed by atoms with Crippen molar-refractivity contribution in [3.05, 3.63) is 60.4 Å². The summed E-state index contributed by atoms with van der Waals surface area (Å²) in [6.07, 6.45) is 4.16. The second kappa shape index (κ2) is 12.1. The lowest BCUT2D eigenvalue weighted by Crippen LogP contribution is -2.57. The summed E-state index contributed by atoms with van der Waals surface area (Å²) in [6, 6.07) is 12.4. The zero-order valence-corrected chi connectivity index (χ0v) is 28.8. The highest BCUT2D eigenvalue weighted by molar-refractivity contribution is 6.04. The van der Waals surface area contributed by atoms with Crippen LogP contribution in [0, 0.1) is 5.82 Å². The van der Waals surface area contributed by atoms with Crippen LogP contribution in [0.15, 0.2) is 49.0 Å². The van der Waals surface area contributed by atoms with Gasteiger partial charge >= 0.3 is 12.1 Å². The summed E-state index contributed by atoms with van der Waals surface area (Å²) < 4.78 is 44.0. The van der Waals surface area contributed by atoms with Crippen LogP contribution in [0.4, 0.5) is 19.4 Å². The molecule has 0 aliphatic carbocycles. The number of rotatable bonds is 6. The van der Waals surface area contributed by atoms with Crippen molar-refractivity contribution >= 4 is 39.7 Å². The topological polar surface area (TPSA) is 91.3 Å². The maximum atomic E-state index is 17.3. The molecule has 0 spiro atoms. The molecule has 1 amide bonds. The van der Waals surface area contributed by atoms with E-state index in [9.17, 15) is 14.3 Å². The molecular weight excluding hydrogens is 640 g/mol. The number of fused-ring (bicyclic) bond motifs is 5. The van der Waals surface area contributed by atoms with Crippen LogP contribution in [0.5, 0.6) is 11.8 Å². The van der Waals surface area contributed by atoms with Gasteiger partial charge in [0.1, 0.15) is 35.5 Å². The smallest absolute Gasteiger partial charge is 0.410 e. The average molecular weight is 684 g/mol. The van der Waals surface area contributed by atoms with Gasteiger partial charge in [-0.05, 0) is 93.1 Å². The zero-order chi connectivity index (χ0) is 34.9. The van der Waals surface area contributed by atoms with Crippen LogP contribution >= 0.6 is 0 Å². The van der Waals surface area contributed by atoms with Crippen molar-refractivity contribution in [1.29, 1.82) is 0 Å². The van der Waals surface area contributed by atoms with Gasteiger partial charge in [-0.2, -0.15) is 9.97 Å². The molecule has 9 nitrogen and oxygen atoms in total. The van der Waals surface area contributed by atoms with Crippen LogP contribution in [0.1, 0.15) is 58.4 Å². The molecule has 50 heavy (non-hydrogen) atoms. The fraction of sp³-hybridized carbons (Fsp3) is 0.462. The van der Waals surface area contributed by atoms with Gasteiger partial charge in [0, 0.05) is 37.0 Å². The quantitative estimate of drug-likeness (QED) is 0.224. The largest absolute Gasteiger partial charge is 0.508 e. The first-order chi connectivity index (χ1) is 23.9. The first kappa shape index (κ1) is 32.7. The molecule has 0 saturated carbocycles. The normalized spacial score (nSPS) is 25.0. The lowest BCUT2D eigenvalue weighted by molar-refractivity contribution is 0.0122. The van der Waals surface area contributed by atoms with E-state index < -0.39 is 23.1 Å². The van der Waals surface area contributed by atoms with E-state index in [0.29, 0.717) is 48.4 Å². The molecule has 8 rings (SSSR count). The van der Waals surface area contributed by atoms with E-state index in [1.807, 2.05) is 56.0 Å². The molecule has 4 fully saturated rings. The number of ether oxygens (including phenoxy) is 2. The van der Waals surface area contributed by atoms with Crippen LogP contribution in [0.2, 0.25) is 0 Å². The summed E-state index contributed by atoms with van der Waals surface area (Å²) in [5, 5.41) is 12.7. The maximum absolute atomic E-state index is 17.3. The maximum Gasteiger partial charge on any atom is 0.410 e. The molecule has 4 aliphatic heterocycles. The molecule has 2 unspecified atom stereocenters. The van der Waals surface area contributed by atoms with E-state index >= 15 is 4.39 Å². The Morgan fingerprint density at radius 1 is 1.10 bits per heavy atom. The zero-order valence-electron chi connectivity index (χ0n) is 28.8. The fourth-order valence-electron chi connectivity index (χ4n) is 8.79. The van der Waals surface area contributed by atoms with Gasteiger partial charge in [-0.15, -0.1) is 0 Å². The second-order valence-corrected chi connectivity index (χ2v) is 15.3. The van der Waals surface area contributed by atoms with E-state index in [2.05, 4.69) is 16.4 Å². The number of hydrogen-bond donors (Lipinski definition) is 1. The number of phenols is 1. The molecular formula is C39H43F2N5O4. The summed E-state index contributed by atoms with van der Waals surface area (Å²) in [4.78, 5) is 29.0. The number of halogens is 2. The fourth-order valence-corrected chi connectivity index (χ4v) is 8.79. The van der Waals surface area contributed by atoms with Crippen molar-refractivity contribution in [3.63, 3.8) is 0 Å². The Morgan fingerprint density at radius 2 is 1.86 bits per heavy atom. The van der Waals surface area contributed by atoms with Crippen LogP contribution in [0.3, 0.4) is 0 Å². The van der Waals surface area contributed by atoms with Crippen molar-refractivity contribution in [2.24, 2.45) is 0 Å². The number of carbonyl (C=O) groups excluding carboxylic acids is 1. The predicted molar refractivity (Wildman–Crippen MR) is 190 cm³/mol. The Kier molecular flexibility index (Phi) is 7.89. The van der Waals surface area contributed by atoms with E-state index in [1.54, 1.807) is 18.2 Å². The Labute approximate surface area is 290 Å². The van der Waals surface area contributed by atoms with Gasteiger partial charge in [-0.3, -0.25) is 9.80 Å². The number of nitrogens with zero attached hydrogens (tertiary/aromatic N) is 5. The first-order valence-corrected chi connectivity index (χ1v) is 17.6. The number of anilines is 1. The predicted octanol–water partition coefficient (Wildman–Crippen LogP) is 7.48. The van der Waals surface area contributed by atoms with Crippen LogP contribution < -0.4 is 9.64 Å². The van der Waals surface area contributed by atoms with Gasteiger partial charge in [-0.25, -0.2) is 13.6 Å². The molecule has 11 heteroatoms. The van der Waals surface area contributed by atoms with Crippen molar-refractivity contribution in [2.45, 2.75) is 82.3 Å². The Morgan fingerprint density at radius 3 is 2.60 bits per heavy atom. The van der Waals surface area contributed by atoms with Gasteiger partial charge in [0.2, 0.25) is 0 Å². The molecule has 4 aromatic rings. The number of phenolic OH excluding ortho intramolecular Hbond substituents is 1. The standard InChI is InChI=1S/C39H43F2N5O4/c1-5-23-16-31-34(33(41)32(23)30-17-28(47)15-24-9-6-7-10-29(24)30)42-36(49-22-39-13-8-14-45(39)19-25(40)18-39)43-35(31)44-20-26-11-12-27(21-44)46(26)37(48)50-38(2,3)4/h5-7,9-10,15-17,25-27,47H,1,8,11-14,18-22H2,2-4H3/t25-,26?,27?,39+/m1/s1. The van der Waals surface area contributed by atoms with E-state index in [0.717, 1.165) is 43.0 Å². The van der Waals surface area contributed by atoms with Crippen LogP contribution in [0.25, 0.3) is 38.9 Å². The minimum atomic E-state index is -0.918. The molecule has 1 N–H and O–H groups in total. The third-order valence-corrected chi connectivity index (χ3v) is 10.9. The summed E-state index contributed by atoms with van der Waals surface area (Å²) in [7, 11) is 0. The Balaban J connectivity index is 1.24. The summed E-state index contributed by atoms with van der Waals surface area (Å²) >= 11 is 0. The number of aromatic nitrogens is 2. The minimum Gasteiger partial charge on any atom is -0.508 e. The number of amides is 1. The highest BCUT2D eigenvalue weighted by Crippen LogP contribution is 2.44. The highest BCUT2D eigenvalue weighted by Gasteiger charge is 2.50. The first-order valence-electron chi connectivity index (χ1n) is 17.6. The minimum absolute atomic E-state index is 0.0158. The SMILES string of the molecule is C=Cc1cc2c(N3CC4CCC(C3)N4C(=O)OC(C)(C)C)nc(OC[C@@]34CCCN3C[C@H](F)C4)nc2c(F)c1-c1cc(O)cc2ccccc12. The second-order valence-electron chi connectivity index (χ2n) is 15.3. The van der Waals surface area contributed by atoms with Gasteiger partial charge in [-0.1, -0.05) is 36.9 Å². The van der Waals surface area contributed by atoms with Gasteiger partial charge in [0.15, 0.2) is 5.82 Å². The van der Waals surface area contributed by atoms with Gasteiger partial charge in [0.05, 0.1) is 17.6 Å². The molecule has 4 saturated heterocycles. The summed E-state index contributed by atoms with van der Waals surface area (Å²) in [5.74, 6) is -0.0555. The summed E-state index contributed by atoms with van der Waals surface area (Å²) in [5.41, 5.74) is 0.335. The van der Waals surface area contributed by atoms with E-state index in [1.165, 1.54) is 0 Å². The van der Waals surface area contributed by atoms with Gasteiger partial charge in [0.25, 0.3) is 0 Å². The Bertz CT molecular complexity index is 2000. The van der Waals surface area contributed by atoms with Crippen molar-refractivity contribution in [3.8, 4) is 22.9 Å². The number of benzene rings is 3. The number of carbonyl (C=O) groups is 1. The molecule has 0 radical (unpaired) electrons. The molecule has 3 aromatic carbocycles. The van der Waals surface area contributed by atoms with Crippen molar-refractivity contribution in [2.75, 3.05) is 37.7 Å². The number of alkyl halides is 1. The lowest BCUT2D eigenvalue weighted by Gasteiger charge is -2.42. The van der Waals surface area contributed by atoms with Crippen LogP contribution in [-0.4, -0.2) is 93.1 Å². The van der Waals surface area contributed by atoms with Crippen LogP contribution in [-0.2, 0) is 4.74 Å². The average Bonchev–Trinajstić information content (AvgIpc) is 3.69. The highest BCUT2D eigenvalue weighted by atomic mass is 19.1. The van der Waals surface area contributed by atoms with E-state index in [-0.39, 0.29) is 47.6 Å². The molecule has 5 heterocycles. The third-order valence-electron chi connectivity index (χ3n) is 10.9. The molecule has 2 bridgehead atoms. The molecule has 4 aliphatic rings. The van der Waals surface area contributed by atoms with Gasteiger partial charge < -0.3 is 19.5 Å². The lowest BCUT2D eigenvalue weighted by atomic mass is 9.92. The van der Waals surface area contributed by atoms with E-state index in [4.69, 9.17) is 19.4 Å². The third kappa shape index (κ3) is 5.59. The Hall–Kier alpha value is -4.51. The number of hydrogen-bond acceptors (Lipinski definition) is 8.